The second-order valence-electron chi connectivity index (χ2n) is 5.63. The van der Waals surface area contributed by atoms with Gasteiger partial charge in [-0.3, -0.25) is 9.59 Å². The van der Waals surface area contributed by atoms with Crippen molar-refractivity contribution in [3.8, 4) is 5.88 Å². The average molecular weight is 346 g/mol. The van der Waals surface area contributed by atoms with E-state index >= 15 is 0 Å². The van der Waals surface area contributed by atoms with E-state index in [-0.39, 0.29) is 17.6 Å². The predicted octanol–water partition coefficient (Wildman–Crippen LogP) is 2.40. The second kappa shape index (κ2) is 7.50. The summed E-state index contributed by atoms with van der Waals surface area (Å²) in [6.45, 7) is -1.48. The van der Waals surface area contributed by atoms with Crippen LogP contribution >= 0.6 is 0 Å². The number of hydrogen-bond donors (Lipinski definition) is 2. The number of aliphatic carboxylic acids is 1. The third kappa shape index (κ3) is 5.39. The van der Waals surface area contributed by atoms with Crippen LogP contribution in [-0.2, 0) is 4.79 Å². The Morgan fingerprint density at radius 1 is 1.25 bits per heavy atom. The molecule has 1 aliphatic carbocycles. The Morgan fingerprint density at radius 2 is 1.92 bits per heavy atom. The van der Waals surface area contributed by atoms with Crippen molar-refractivity contribution < 1.29 is 32.6 Å². The lowest BCUT2D eigenvalue weighted by molar-refractivity contribution is -0.154. The van der Waals surface area contributed by atoms with Gasteiger partial charge in [0.1, 0.15) is 5.69 Å². The number of carbonyl (C=O) groups excluding carboxylic acids is 1. The summed E-state index contributed by atoms with van der Waals surface area (Å²) in [6.07, 6.45) is -2.46. The van der Waals surface area contributed by atoms with Gasteiger partial charge in [-0.05, 0) is 31.7 Å². The molecule has 0 radical (unpaired) electrons. The van der Waals surface area contributed by atoms with E-state index in [0.29, 0.717) is 25.7 Å². The topological polar surface area (TPSA) is 88.5 Å². The van der Waals surface area contributed by atoms with Gasteiger partial charge in [0.2, 0.25) is 5.88 Å². The van der Waals surface area contributed by atoms with Crippen LogP contribution in [0.25, 0.3) is 0 Å². The molecule has 2 N–H and O–H groups in total. The van der Waals surface area contributed by atoms with Crippen molar-refractivity contribution in [3.63, 3.8) is 0 Å². The summed E-state index contributed by atoms with van der Waals surface area (Å²) in [5, 5.41) is 11.7. The summed E-state index contributed by atoms with van der Waals surface area (Å²) >= 11 is 0. The highest BCUT2D eigenvalue weighted by atomic mass is 19.4. The maximum Gasteiger partial charge on any atom is 0.422 e. The molecular formula is C15H17F3N2O4. The number of nitrogens with zero attached hydrogens (tertiary/aromatic N) is 1. The number of alkyl halides is 3. The Morgan fingerprint density at radius 3 is 2.50 bits per heavy atom. The highest BCUT2D eigenvalue weighted by molar-refractivity contribution is 5.92. The molecule has 132 valence electrons. The molecule has 0 saturated heterocycles. The van der Waals surface area contributed by atoms with Crippen molar-refractivity contribution in [2.75, 3.05) is 6.61 Å². The molecule has 1 aromatic heterocycles. The van der Waals surface area contributed by atoms with Gasteiger partial charge in [-0.2, -0.15) is 13.2 Å². The van der Waals surface area contributed by atoms with Crippen molar-refractivity contribution >= 4 is 11.9 Å². The Bertz CT molecular complexity index is 599. The molecule has 1 heterocycles. The third-order valence-electron chi connectivity index (χ3n) is 3.75. The van der Waals surface area contributed by atoms with Gasteiger partial charge in [0, 0.05) is 12.1 Å². The van der Waals surface area contributed by atoms with Gasteiger partial charge in [0.25, 0.3) is 5.91 Å². The minimum Gasteiger partial charge on any atom is -0.481 e. The van der Waals surface area contributed by atoms with Crippen LogP contribution in [0.5, 0.6) is 5.88 Å². The van der Waals surface area contributed by atoms with Gasteiger partial charge >= 0.3 is 12.1 Å². The fourth-order valence-corrected chi connectivity index (χ4v) is 2.52. The summed E-state index contributed by atoms with van der Waals surface area (Å²) in [6, 6.07) is 3.82. The molecule has 9 heteroatoms. The van der Waals surface area contributed by atoms with E-state index < -0.39 is 30.6 Å². The van der Waals surface area contributed by atoms with Gasteiger partial charge in [-0.25, -0.2) is 4.98 Å². The SMILES string of the molecule is O=C(NC1CCC(C(=O)O)CC1)c1cccc(OCC(F)(F)F)n1. The summed E-state index contributed by atoms with van der Waals surface area (Å²) in [5.41, 5.74) is -0.0463. The van der Waals surface area contributed by atoms with E-state index in [1.807, 2.05) is 0 Å². The lowest BCUT2D eigenvalue weighted by Gasteiger charge is -2.26. The molecule has 0 spiro atoms. The van der Waals surface area contributed by atoms with Gasteiger partial charge in [-0.1, -0.05) is 6.07 Å². The van der Waals surface area contributed by atoms with Crippen LogP contribution in [0.4, 0.5) is 13.2 Å². The zero-order chi connectivity index (χ0) is 17.7. The number of carboxylic acid groups (broad SMARTS) is 1. The quantitative estimate of drug-likeness (QED) is 0.855. The minimum atomic E-state index is -4.48. The predicted molar refractivity (Wildman–Crippen MR) is 76.6 cm³/mol. The van der Waals surface area contributed by atoms with Crippen LogP contribution in [0.1, 0.15) is 36.2 Å². The van der Waals surface area contributed by atoms with Gasteiger partial charge < -0.3 is 15.2 Å². The van der Waals surface area contributed by atoms with Crippen molar-refractivity contribution in [1.29, 1.82) is 0 Å². The molecule has 1 aliphatic rings. The summed E-state index contributed by atoms with van der Waals surface area (Å²) in [4.78, 5) is 26.8. The molecule has 0 aromatic carbocycles. The van der Waals surface area contributed by atoms with Gasteiger partial charge in [0.15, 0.2) is 6.61 Å². The van der Waals surface area contributed by atoms with Crippen molar-refractivity contribution in [1.82, 2.24) is 10.3 Å². The number of carbonyl (C=O) groups is 2. The number of ether oxygens (including phenoxy) is 1. The number of hydrogen-bond acceptors (Lipinski definition) is 4. The van der Waals surface area contributed by atoms with Gasteiger partial charge in [0.05, 0.1) is 5.92 Å². The van der Waals surface area contributed by atoms with E-state index in [0.717, 1.165) is 0 Å². The zero-order valence-electron chi connectivity index (χ0n) is 12.7. The maximum atomic E-state index is 12.1. The molecule has 6 nitrogen and oxygen atoms in total. The first-order valence-electron chi connectivity index (χ1n) is 7.45. The Kier molecular flexibility index (Phi) is 5.63. The molecule has 0 bridgehead atoms. The van der Waals surface area contributed by atoms with E-state index in [2.05, 4.69) is 15.0 Å². The summed E-state index contributed by atoms with van der Waals surface area (Å²) in [7, 11) is 0. The highest BCUT2D eigenvalue weighted by Crippen LogP contribution is 2.24. The second-order valence-corrected chi connectivity index (χ2v) is 5.63. The van der Waals surface area contributed by atoms with Crippen LogP contribution < -0.4 is 10.1 Å². The number of carboxylic acids is 1. The molecule has 1 aromatic rings. The minimum absolute atomic E-state index is 0.0463. The standard InChI is InChI=1S/C15H17F3N2O4/c16-15(17,18)8-24-12-3-1-2-11(20-12)13(21)19-10-6-4-9(5-7-10)14(22)23/h1-3,9-10H,4-8H2,(H,19,21)(H,22,23). The first-order chi connectivity index (χ1) is 11.2. The van der Waals surface area contributed by atoms with E-state index in [4.69, 9.17) is 5.11 Å². The molecule has 1 amide bonds. The molecule has 1 saturated carbocycles. The Hall–Kier alpha value is -2.32. The number of amides is 1. The van der Waals surface area contributed by atoms with Crippen LogP contribution in [0.2, 0.25) is 0 Å². The molecular weight excluding hydrogens is 329 g/mol. The summed E-state index contributed by atoms with van der Waals surface area (Å²) < 4.78 is 40.9. The molecule has 0 unspecified atom stereocenters. The van der Waals surface area contributed by atoms with E-state index in [1.165, 1.54) is 18.2 Å². The van der Waals surface area contributed by atoms with Crippen LogP contribution in [0.15, 0.2) is 18.2 Å². The number of halogens is 3. The highest BCUT2D eigenvalue weighted by Gasteiger charge is 2.29. The lowest BCUT2D eigenvalue weighted by atomic mass is 9.86. The first kappa shape index (κ1) is 18.0. The van der Waals surface area contributed by atoms with Crippen molar-refractivity contribution in [2.24, 2.45) is 5.92 Å². The number of aromatic nitrogens is 1. The molecule has 0 atom stereocenters. The fraction of sp³-hybridized carbons (Fsp3) is 0.533. The van der Waals surface area contributed by atoms with Crippen molar-refractivity contribution in [2.45, 2.75) is 37.9 Å². The van der Waals surface area contributed by atoms with Crippen molar-refractivity contribution in [3.05, 3.63) is 23.9 Å². The molecule has 2 rings (SSSR count). The smallest absolute Gasteiger partial charge is 0.422 e. The fourth-order valence-electron chi connectivity index (χ4n) is 2.52. The zero-order valence-corrected chi connectivity index (χ0v) is 12.7. The third-order valence-corrected chi connectivity index (χ3v) is 3.75. The van der Waals surface area contributed by atoms with Crippen LogP contribution in [0.3, 0.4) is 0 Å². The average Bonchev–Trinajstić information content (AvgIpc) is 2.53. The molecule has 24 heavy (non-hydrogen) atoms. The molecule has 1 fully saturated rings. The number of nitrogens with one attached hydrogen (secondary N) is 1. The first-order valence-corrected chi connectivity index (χ1v) is 7.45. The maximum absolute atomic E-state index is 12.1. The van der Waals surface area contributed by atoms with Gasteiger partial charge in [-0.15, -0.1) is 0 Å². The largest absolute Gasteiger partial charge is 0.481 e. The normalized spacial score (nSPS) is 21.1. The molecule has 0 aliphatic heterocycles. The van der Waals surface area contributed by atoms with E-state index in [1.54, 1.807) is 0 Å². The Balaban J connectivity index is 1.90. The Labute approximate surface area is 136 Å². The number of rotatable bonds is 5. The summed E-state index contributed by atoms with van der Waals surface area (Å²) in [5.74, 6) is -2.04. The lowest BCUT2D eigenvalue weighted by Crippen LogP contribution is -2.39. The number of pyridine rings is 1. The van der Waals surface area contributed by atoms with Crippen LogP contribution in [0, 0.1) is 5.92 Å². The van der Waals surface area contributed by atoms with Crippen LogP contribution in [-0.4, -0.2) is 40.8 Å². The monoisotopic (exact) mass is 346 g/mol. The van der Waals surface area contributed by atoms with E-state index in [9.17, 15) is 22.8 Å².